The predicted octanol–water partition coefficient (Wildman–Crippen LogP) is -0.793. The molecule has 0 bridgehead atoms. The third-order valence-electron chi connectivity index (χ3n) is 0.608. The minimum absolute atomic E-state index is 0.365. The van der Waals surface area contributed by atoms with Gasteiger partial charge in [-0.2, -0.15) is 0 Å². The Morgan fingerprint density at radius 3 is 1.50 bits per heavy atom. The van der Waals surface area contributed by atoms with Crippen LogP contribution < -0.4 is 0 Å². The number of hydrogen-bond donors (Lipinski definition) is 4. The van der Waals surface area contributed by atoms with Crippen LogP contribution in [0.3, 0.4) is 0 Å². The van der Waals surface area contributed by atoms with Crippen LogP contribution in [-0.4, -0.2) is 50.5 Å². The third kappa shape index (κ3) is 12.6. The number of carboxylic acids is 1. The molecule has 0 aromatic rings. The first-order chi connectivity index (χ1) is 5.45. The highest BCUT2D eigenvalue weighted by atomic mass is 35.5. The van der Waals surface area contributed by atoms with Gasteiger partial charge in [-0.3, -0.25) is 0 Å². The molecule has 0 amide bonds. The lowest BCUT2D eigenvalue weighted by atomic mass is 10.4. The van der Waals surface area contributed by atoms with E-state index in [1.165, 1.54) is 0 Å². The Morgan fingerprint density at radius 2 is 1.50 bits per heavy atom. The smallest absolute Gasteiger partial charge is 0.337 e. The average molecular weight is 221 g/mol. The summed E-state index contributed by atoms with van der Waals surface area (Å²) < 4.78 is 0. The van der Waals surface area contributed by atoms with Gasteiger partial charge in [0.05, 0.1) is 13.2 Å². The van der Waals surface area contributed by atoms with Gasteiger partial charge in [0.15, 0.2) is 0 Å². The maximum absolute atomic E-state index is 9.44. The van der Waals surface area contributed by atoms with Crippen LogP contribution in [0.4, 0.5) is 0 Å². The van der Waals surface area contributed by atoms with E-state index in [2.05, 4.69) is 0 Å². The van der Waals surface area contributed by atoms with Crippen LogP contribution in [-0.2, 0) is 4.79 Å². The molecular formula is C5H10Cl2O5. The highest BCUT2D eigenvalue weighted by Gasteiger charge is 2.05. The molecule has 4 N–H and O–H groups in total. The fourth-order valence-electron chi connectivity index (χ4n) is 0.0577. The molecule has 5 nitrogen and oxygen atoms in total. The summed E-state index contributed by atoms with van der Waals surface area (Å²) in [6.07, 6.45) is -0.954. The van der Waals surface area contributed by atoms with Crippen molar-refractivity contribution in [2.75, 3.05) is 13.2 Å². The van der Waals surface area contributed by atoms with E-state index >= 15 is 0 Å². The molecule has 0 aromatic carbocycles. The van der Waals surface area contributed by atoms with E-state index in [0.29, 0.717) is 0 Å². The molecular weight excluding hydrogens is 211 g/mol. The molecule has 0 atom stereocenters. The van der Waals surface area contributed by atoms with Crippen molar-refractivity contribution in [1.29, 1.82) is 0 Å². The Hall–Kier alpha value is -0.0700. The number of halogens is 2. The fraction of sp³-hybridized carbons (Fsp3) is 0.800. The minimum atomic E-state index is -1.29. The van der Waals surface area contributed by atoms with Crippen LogP contribution in [0.1, 0.15) is 0 Å². The topological polar surface area (TPSA) is 98.0 Å². The maximum atomic E-state index is 9.44. The molecule has 0 aliphatic rings. The van der Waals surface area contributed by atoms with Crippen molar-refractivity contribution in [3.05, 3.63) is 0 Å². The van der Waals surface area contributed by atoms with Crippen molar-refractivity contribution < 1.29 is 25.2 Å². The summed E-state index contributed by atoms with van der Waals surface area (Å²) in [5, 5.41) is 31.7. The van der Waals surface area contributed by atoms with E-state index in [1.807, 2.05) is 0 Å². The predicted molar refractivity (Wildman–Crippen MR) is 43.3 cm³/mol. The van der Waals surface area contributed by atoms with E-state index in [0.717, 1.165) is 0 Å². The van der Waals surface area contributed by atoms with Gasteiger partial charge in [0.25, 0.3) is 0 Å². The van der Waals surface area contributed by atoms with E-state index in [-0.39, 0.29) is 13.2 Å². The van der Waals surface area contributed by atoms with Crippen LogP contribution in [0.15, 0.2) is 0 Å². The van der Waals surface area contributed by atoms with Crippen LogP contribution >= 0.6 is 23.2 Å². The number of aliphatic carboxylic acids is 1. The van der Waals surface area contributed by atoms with Crippen LogP contribution in [0.2, 0.25) is 0 Å². The van der Waals surface area contributed by atoms with Crippen molar-refractivity contribution in [2.24, 2.45) is 0 Å². The monoisotopic (exact) mass is 220 g/mol. The summed E-state index contributed by atoms with van der Waals surface area (Å²) in [5.41, 5.74) is 0. The number of alkyl halides is 2. The summed E-state index contributed by atoms with van der Waals surface area (Å²) >= 11 is 9.56. The quantitative estimate of drug-likeness (QED) is 0.468. The van der Waals surface area contributed by atoms with Gasteiger partial charge in [-0.05, 0) is 0 Å². The number of aliphatic hydroxyl groups excluding tert-OH is 3. The zero-order chi connectivity index (χ0) is 10.1. The molecule has 0 saturated carbocycles. The van der Waals surface area contributed by atoms with Crippen molar-refractivity contribution in [3.8, 4) is 0 Å². The summed E-state index contributed by atoms with van der Waals surface area (Å²) in [6.45, 7) is -0.729. The SMILES string of the molecule is O=C(O)C(Cl)Cl.OCC(O)CO. The van der Waals surface area contributed by atoms with Crippen LogP contribution in [0.5, 0.6) is 0 Å². The van der Waals surface area contributed by atoms with E-state index in [9.17, 15) is 4.79 Å². The fourth-order valence-corrected chi connectivity index (χ4v) is 0.0577. The standard InChI is InChI=1S/C3H8O3.C2H2Cl2O2/c4-1-3(6)2-5;3-1(4)2(5)6/h3-6H,1-2H2;1H,(H,5,6). The molecule has 7 heteroatoms. The van der Waals surface area contributed by atoms with Crippen molar-refractivity contribution in [3.63, 3.8) is 0 Å². The Labute approximate surface area is 79.1 Å². The first-order valence-corrected chi connectivity index (χ1v) is 3.73. The van der Waals surface area contributed by atoms with Crippen molar-refractivity contribution in [2.45, 2.75) is 10.9 Å². The van der Waals surface area contributed by atoms with Gasteiger partial charge >= 0.3 is 5.97 Å². The molecule has 0 rings (SSSR count). The lowest BCUT2D eigenvalue weighted by Crippen LogP contribution is -2.15. The molecule has 0 aliphatic heterocycles. The Kier molecular flexibility index (Phi) is 10.9. The van der Waals surface area contributed by atoms with Crippen molar-refractivity contribution >= 4 is 29.2 Å². The second-order valence-electron chi connectivity index (χ2n) is 1.66. The highest BCUT2D eigenvalue weighted by Crippen LogP contribution is 1.98. The molecule has 0 spiro atoms. The van der Waals surface area contributed by atoms with Gasteiger partial charge in [0.2, 0.25) is 4.84 Å². The summed E-state index contributed by atoms with van der Waals surface area (Å²) in [7, 11) is 0. The number of carboxylic acid groups (broad SMARTS) is 1. The molecule has 12 heavy (non-hydrogen) atoms. The Bertz CT molecular complexity index is 114. The molecule has 0 radical (unpaired) electrons. The summed E-state index contributed by atoms with van der Waals surface area (Å²) in [6, 6.07) is 0. The number of carbonyl (C=O) groups is 1. The second-order valence-corrected chi connectivity index (χ2v) is 2.75. The molecule has 0 saturated heterocycles. The molecule has 74 valence electrons. The molecule has 0 unspecified atom stereocenters. The maximum Gasteiger partial charge on any atom is 0.337 e. The number of aliphatic hydroxyl groups is 3. The average Bonchev–Trinajstić information content (AvgIpc) is 2.04. The summed E-state index contributed by atoms with van der Waals surface area (Å²) in [5.74, 6) is -1.21. The highest BCUT2D eigenvalue weighted by molar-refractivity contribution is 6.52. The van der Waals surface area contributed by atoms with Gasteiger partial charge in [-0.15, -0.1) is 0 Å². The second kappa shape index (κ2) is 9.02. The molecule has 0 aliphatic carbocycles. The molecule has 0 fully saturated rings. The minimum Gasteiger partial charge on any atom is -0.479 e. The van der Waals surface area contributed by atoms with Crippen LogP contribution in [0.25, 0.3) is 0 Å². The normalized spacial score (nSPS) is 9.58. The lowest BCUT2D eigenvalue weighted by molar-refractivity contribution is -0.135. The first kappa shape index (κ1) is 14.5. The zero-order valence-electron chi connectivity index (χ0n) is 6.02. The van der Waals surface area contributed by atoms with E-state index in [4.69, 9.17) is 43.6 Å². The lowest BCUT2D eigenvalue weighted by Gasteiger charge is -1.96. The first-order valence-electron chi connectivity index (χ1n) is 2.86. The number of hydrogen-bond acceptors (Lipinski definition) is 4. The van der Waals surface area contributed by atoms with Gasteiger partial charge in [0, 0.05) is 0 Å². The zero-order valence-corrected chi connectivity index (χ0v) is 7.53. The van der Waals surface area contributed by atoms with E-state index in [1.54, 1.807) is 0 Å². The van der Waals surface area contributed by atoms with Crippen molar-refractivity contribution in [1.82, 2.24) is 0 Å². The number of rotatable bonds is 3. The summed E-state index contributed by atoms with van der Waals surface area (Å²) in [4.78, 5) is 8.15. The largest absolute Gasteiger partial charge is 0.479 e. The van der Waals surface area contributed by atoms with Gasteiger partial charge in [0.1, 0.15) is 6.10 Å². The Morgan fingerprint density at radius 1 is 1.25 bits per heavy atom. The molecule has 0 heterocycles. The Balaban J connectivity index is 0. The van der Waals surface area contributed by atoms with Gasteiger partial charge in [-0.25, -0.2) is 4.79 Å². The van der Waals surface area contributed by atoms with Crippen LogP contribution in [0, 0.1) is 0 Å². The van der Waals surface area contributed by atoms with Gasteiger partial charge < -0.3 is 20.4 Å². The van der Waals surface area contributed by atoms with Gasteiger partial charge in [-0.1, -0.05) is 23.2 Å². The third-order valence-corrected chi connectivity index (χ3v) is 0.982. The molecule has 0 aromatic heterocycles. The van der Waals surface area contributed by atoms with E-state index < -0.39 is 16.9 Å².